The van der Waals surface area contributed by atoms with Gasteiger partial charge in [0.25, 0.3) is 5.91 Å². The molecule has 1 saturated heterocycles. The van der Waals surface area contributed by atoms with Gasteiger partial charge in [-0.15, -0.1) is 0 Å². The highest BCUT2D eigenvalue weighted by atomic mass is 16.5. The molecule has 0 atom stereocenters. The molecule has 1 spiro atoms. The second kappa shape index (κ2) is 7.00. The number of para-hydroxylation sites is 1. The normalized spacial score (nSPS) is 19.3. The van der Waals surface area contributed by atoms with Gasteiger partial charge in [0.2, 0.25) is 0 Å². The number of rotatable bonds is 2. The van der Waals surface area contributed by atoms with Crippen molar-refractivity contribution in [3.8, 4) is 0 Å². The maximum absolute atomic E-state index is 12.8. The number of amides is 1. The first-order chi connectivity index (χ1) is 13.0. The predicted molar refractivity (Wildman–Crippen MR) is 103 cm³/mol. The first-order valence-corrected chi connectivity index (χ1v) is 9.72. The van der Waals surface area contributed by atoms with Gasteiger partial charge in [-0.3, -0.25) is 4.79 Å². The third-order valence-electron chi connectivity index (χ3n) is 5.88. The number of fused-ring (bicyclic) bond motifs is 2. The summed E-state index contributed by atoms with van der Waals surface area (Å²) in [5.41, 5.74) is 2.75. The summed E-state index contributed by atoms with van der Waals surface area (Å²) in [6.45, 7) is 9.13. The Morgan fingerprint density at radius 1 is 1.19 bits per heavy atom. The van der Waals surface area contributed by atoms with Crippen LogP contribution >= 0.6 is 0 Å². The van der Waals surface area contributed by atoms with Crippen molar-refractivity contribution < 1.29 is 14.1 Å². The van der Waals surface area contributed by atoms with Gasteiger partial charge < -0.3 is 19.1 Å². The van der Waals surface area contributed by atoms with Gasteiger partial charge in [-0.05, 0) is 39.7 Å². The fraction of sp³-hybridized carbons (Fsp3) is 0.524. The molecule has 1 amide bonds. The van der Waals surface area contributed by atoms with E-state index >= 15 is 0 Å². The van der Waals surface area contributed by atoms with Crippen molar-refractivity contribution in [3.63, 3.8) is 0 Å². The summed E-state index contributed by atoms with van der Waals surface area (Å²) < 4.78 is 11.5. The van der Waals surface area contributed by atoms with Crippen LogP contribution in [0.2, 0.25) is 0 Å². The lowest BCUT2D eigenvalue weighted by Gasteiger charge is -2.42. The van der Waals surface area contributed by atoms with Gasteiger partial charge in [0, 0.05) is 36.9 Å². The number of aromatic nitrogens is 1. The van der Waals surface area contributed by atoms with Crippen LogP contribution in [0.5, 0.6) is 0 Å². The van der Waals surface area contributed by atoms with Crippen molar-refractivity contribution in [2.45, 2.75) is 45.3 Å². The number of hydrogen-bond donors (Lipinski definition) is 0. The van der Waals surface area contributed by atoms with Crippen molar-refractivity contribution in [3.05, 3.63) is 47.3 Å². The minimum Gasteiger partial charge on any atom is -0.368 e. The molecular weight excluding hydrogens is 342 g/mol. The average molecular weight is 369 g/mol. The molecule has 2 aliphatic heterocycles. The Morgan fingerprint density at radius 3 is 2.59 bits per heavy atom. The molecule has 2 aliphatic rings. The topological polar surface area (TPSA) is 58.8 Å². The van der Waals surface area contributed by atoms with Gasteiger partial charge in [-0.25, -0.2) is 0 Å². The maximum atomic E-state index is 12.8. The molecule has 144 valence electrons. The van der Waals surface area contributed by atoms with Crippen LogP contribution in [0.15, 0.2) is 35.0 Å². The van der Waals surface area contributed by atoms with Crippen LogP contribution in [0.25, 0.3) is 0 Å². The second-order valence-electron chi connectivity index (χ2n) is 7.73. The Morgan fingerprint density at radius 2 is 1.93 bits per heavy atom. The number of aryl methyl sites for hydroxylation is 1. The Kier molecular flexibility index (Phi) is 4.68. The molecule has 0 aliphatic carbocycles. The lowest BCUT2D eigenvalue weighted by Crippen LogP contribution is -2.46. The molecule has 1 aromatic carbocycles. The van der Waals surface area contributed by atoms with Crippen LogP contribution < -0.4 is 4.90 Å². The zero-order chi connectivity index (χ0) is 19.0. The number of piperidine rings is 1. The molecule has 6 nitrogen and oxygen atoms in total. The zero-order valence-corrected chi connectivity index (χ0v) is 16.3. The highest BCUT2D eigenvalue weighted by molar-refractivity contribution is 5.94. The van der Waals surface area contributed by atoms with Crippen LogP contribution in [-0.4, -0.2) is 48.2 Å². The van der Waals surface area contributed by atoms with E-state index in [1.807, 2.05) is 4.90 Å². The van der Waals surface area contributed by atoms with E-state index in [9.17, 15) is 4.79 Å². The number of ether oxygens (including phenoxy) is 1. The molecule has 0 radical (unpaired) electrons. The quantitative estimate of drug-likeness (QED) is 0.812. The van der Waals surface area contributed by atoms with E-state index in [-0.39, 0.29) is 11.5 Å². The molecule has 1 aromatic heterocycles. The van der Waals surface area contributed by atoms with Gasteiger partial charge in [0.05, 0.1) is 18.4 Å². The SMILES string of the molecule is Cc1oncc1C(=O)N1CCC2(CC1)OCCN(C(C)C)c1ccccc12. The minimum absolute atomic E-state index is 0.00526. The van der Waals surface area contributed by atoms with E-state index in [2.05, 4.69) is 48.2 Å². The molecule has 27 heavy (non-hydrogen) atoms. The average Bonchev–Trinajstić information content (AvgIpc) is 3.04. The summed E-state index contributed by atoms with van der Waals surface area (Å²) >= 11 is 0. The maximum Gasteiger partial charge on any atom is 0.259 e. The van der Waals surface area contributed by atoms with E-state index in [1.54, 1.807) is 6.92 Å². The first kappa shape index (κ1) is 18.0. The zero-order valence-electron chi connectivity index (χ0n) is 16.3. The van der Waals surface area contributed by atoms with Gasteiger partial charge in [0.1, 0.15) is 11.3 Å². The second-order valence-corrected chi connectivity index (χ2v) is 7.73. The Labute approximate surface area is 160 Å². The molecule has 2 aromatic rings. The number of nitrogens with zero attached hydrogens (tertiary/aromatic N) is 3. The lowest BCUT2D eigenvalue weighted by atomic mass is 9.82. The van der Waals surface area contributed by atoms with Gasteiger partial charge in [0.15, 0.2) is 0 Å². The summed E-state index contributed by atoms with van der Waals surface area (Å²) in [5.74, 6) is 0.568. The largest absolute Gasteiger partial charge is 0.368 e. The first-order valence-electron chi connectivity index (χ1n) is 9.72. The summed E-state index contributed by atoms with van der Waals surface area (Å²) in [6.07, 6.45) is 3.11. The standard InChI is InChI=1S/C21H27N3O3/c1-15(2)24-12-13-26-21(18-6-4-5-7-19(18)24)8-10-23(11-9-21)20(25)17-14-22-27-16(17)3/h4-7,14-15H,8-13H2,1-3H3. The third kappa shape index (κ3) is 3.12. The number of benzene rings is 1. The number of hydrogen-bond acceptors (Lipinski definition) is 5. The number of carbonyl (C=O) groups excluding carboxylic acids is 1. The fourth-order valence-corrected chi connectivity index (χ4v) is 4.34. The monoisotopic (exact) mass is 369 g/mol. The smallest absolute Gasteiger partial charge is 0.259 e. The Balaban J connectivity index is 1.59. The van der Waals surface area contributed by atoms with E-state index < -0.39 is 0 Å². The third-order valence-corrected chi connectivity index (χ3v) is 5.88. The molecule has 3 heterocycles. The van der Waals surface area contributed by atoms with Gasteiger partial charge in [-0.2, -0.15) is 0 Å². The van der Waals surface area contributed by atoms with Gasteiger partial charge in [-0.1, -0.05) is 23.4 Å². The fourth-order valence-electron chi connectivity index (χ4n) is 4.34. The Bertz CT molecular complexity index is 822. The number of carbonyl (C=O) groups is 1. The minimum atomic E-state index is -0.319. The lowest BCUT2D eigenvalue weighted by molar-refractivity contribution is -0.0792. The summed E-state index contributed by atoms with van der Waals surface area (Å²) in [7, 11) is 0. The van der Waals surface area contributed by atoms with Crippen LogP contribution in [-0.2, 0) is 10.3 Å². The highest BCUT2D eigenvalue weighted by Gasteiger charge is 2.42. The van der Waals surface area contributed by atoms with E-state index in [0.29, 0.717) is 37.1 Å². The molecule has 0 N–H and O–H groups in total. The Hall–Kier alpha value is -2.34. The summed E-state index contributed by atoms with van der Waals surface area (Å²) in [6, 6.07) is 9.00. The molecular formula is C21H27N3O3. The van der Waals surface area contributed by atoms with Crippen LogP contribution in [0.3, 0.4) is 0 Å². The molecule has 4 rings (SSSR count). The van der Waals surface area contributed by atoms with Crippen molar-refractivity contribution in [1.29, 1.82) is 0 Å². The molecule has 0 bridgehead atoms. The van der Waals surface area contributed by atoms with Crippen LogP contribution in [0, 0.1) is 6.92 Å². The van der Waals surface area contributed by atoms with E-state index in [0.717, 1.165) is 19.4 Å². The van der Waals surface area contributed by atoms with Crippen molar-refractivity contribution in [2.24, 2.45) is 0 Å². The molecule has 1 fully saturated rings. The predicted octanol–water partition coefficient (Wildman–Crippen LogP) is 3.36. The van der Waals surface area contributed by atoms with Crippen molar-refractivity contribution in [1.82, 2.24) is 10.1 Å². The van der Waals surface area contributed by atoms with E-state index in [1.165, 1.54) is 17.4 Å². The molecule has 0 unspecified atom stereocenters. The van der Waals surface area contributed by atoms with E-state index in [4.69, 9.17) is 9.26 Å². The molecule has 6 heteroatoms. The van der Waals surface area contributed by atoms with Gasteiger partial charge >= 0.3 is 0 Å². The number of anilines is 1. The van der Waals surface area contributed by atoms with Crippen molar-refractivity contribution in [2.75, 3.05) is 31.1 Å². The molecule has 0 saturated carbocycles. The number of likely N-dealkylation sites (tertiary alicyclic amines) is 1. The van der Waals surface area contributed by atoms with Crippen molar-refractivity contribution >= 4 is 11.6 Å². The highest BCUT2D eigenvalue weighted by Crippen LogP contribution is 2.43. The van der Waals surface area contributed by atoms with Crippen LogP contribution in [0.1, 0.15) is 48.4 Å². The summed E-state index contributed by atoms with van der Waals surface area (Å²) in [4.78, 5) is 17.1. The van der Waals surface area contributed by atoms with Crippen LogP contribution in [0.4, 0.5) is 5.69 Å². The summed E-state index contributed by atoms with van der Waals surface area (Å²) in [5, 5.41) is 3.74.